The molecule has 0 aliphatic heterocycles. The minimum Gasteiger partial charge on any atom is -0.259 e. The van der Waals surface area contributed by atoms with Gasteiger partial charge in [-0.3, -0.25) is 4.98 Å². The minimum atomic E-state index is 0.905. The van der Waals surface area contributed by atoms with Crippen LogP contribution in [0.4, 0.5) is 0 Å². The van der Waals surface area contributed by atoms with Gasteiger partial charge in [0.1, 0.15) is 6.33 Å². The maximum Gasteiger partial charge on any atom is 0.143 e. The van der Waals surface area contributed by atoms with Crippen molar-refractivity contribution in [1.82, 2.24) is 25.2 Å². The van der Waals surface area contributed by atoms with Gasteiger partial charge >= 0.3 is 0 Å². The number of pyridine rings is 1. The van der Waals surface area contributed by atoms with Crippen LogP contribution in [0.1, 0.15) is 5.69 Å². The average molecular weight is 161 g/mol. The fourth-order valence-corrected chi connectivity index (χ4v) is 0.990. The molecule has 0 bridgehead atoms. The Morgan fingerprint density at radius 3 is 3.00 bits per heavy atom. The van der Waals surface area contributed by atoms with Crippen LogP contribution in [0.3, 0.4) is 0 Å². The Morgan fingerprint density at radius 2 is 2.33 bits per heavy atom. The lowest BCUT2D eigenvalue weighted by Crippen LogP contribution is -1.98. The first-order chi connectivity index (χ1) is 5.88. The molecule has 0 spiro atoms. The molecule has 0 aromatic carbocycles. The summed E-state index contributed by atoms with van der Waals surface area (Å²) in [6, 6.07) is 3.77. The molecule has 5 heteroatoms. The molecule has 12 heavy (non-hydrogen) atoms. The van der Waals surface area contributed by atoms with Crippen LogP contribution in [0.5, 0.6) is 0 Å². The summed E-state index contributed by atoms with van der Waals surface area (Å²) in [5, 5.41) is 10.9. The lowest BCUT2D eigenvalue weighted by Gasteiger charge is -2.00. The van der Waals surface area contributed by atoms with E-state index in [1.807, 2.05) is 19.1 Å². The highest BCUT2D eigenvalue weighted by Crippen LogP contribution is 2.06. The van der Waals surface area contributed by atoms with Gasteiger partial charge in [-0.1, -0.05) is 0 Å². The highest BCUT2D eigenvalue weighted by atomic mass is 15.5. The zero-order valence-corrected chi connectivity index (χ0v) is 6.55. The summed E-state index contributed by atoms with van der Waals surface area (Å²) >= 11 is 0. The zero-order valence-electron chi connectivity index (χ0n) is 6.55. The Kier molecular flexibility index (Phi) is 1.55. The molecule has 0 atom stereocenters. The Balaban J connectivity index is 2.55. The molecule has 0 fully saturated rings. The topological polar surface area (TPSA) is 56.5 Å². The molecule has 60 valence electrons. The summed E-state index contributed by atoms with van der Waals surface area (Å²) in [4.78, 5) is 4.12. The largest absolute Gasteiger partial charge is 0.259 e. The van der Waals surface area contributed by atoms with E-state index in [4.69, 9.17) is 0 Å². The molecule has 0 radical (unpaired) electrons. The summed E-state index contributed by atoms with van der Waals surface area (Å²) in [5.74, 6) is 0. The van der Waals surface area contributed by atoms with Gasteiger partial charge in [-0.05, 0) is 29.5 Å². The van der Waals surface area contributed by atoms with Crippen molar-refractivity contribution in [2.45, 2.75) is 6.92 Å². The number of tetrazole rings is 1. The van der Waals surface area contributed by atoms with Gasteiger partial charge < -0.3 is 0 Å². The second-order valence-electron chi connectivity index (χ2n) is 2.36. The molecule has 0 aliphatic rings. The number of rotatable bonds is 1. The van der Waals surface area contributed by atoms with E-state index in [0.29, 0.717) is 0 Å². The maximum atomic E-state index is 4.12. The van der Waals surface area contributed by atoms with Crippen LogP contribution in [-0.2, 0) is 0 Å². The predicted octanol–water partition coefficient (Wildman–Crippen LogP) is 0.366. The SMILES string of the molecule is Cc1ncccc1-n1cnnn1. The van der Waals surface area contributed by atoms with Crippen LogP contribution >= 0.6 is 0 Å². The lowest BCUT2D eigenvalue weighted by atomic mass is 10.3. The van der Waals surface area contributed by atoms with Crippen molar-refractivity contribution in [3.63, 3.8) is 0 Å². The lowest BCUT2D eigenvalue weighted by molar-refractivity contribution is 0.780. The first kappa shape index (κ1) is 6.90. The Labute approximate surface area is 69.1 Å². The van der Waals surface area contributed by atoms with Gasteiger partial charge in [-0.25, -0.2) is 0 Å². The molecule has 0 saturated heterocycles. The molecule has 2 heterocycles. The quantitative estimate of drug-likeness (QED) is 0.606. The highest BCUT2D eigenvalue weighted by molar-refractivity contribution is 5.33. The van der Waals surface area contributed by atoms with Crippen LogP contribution < -0.4 is 0 Å². The molecule has 0 aliphatic carbocycles. The summed E-state index contributed by atoms with van der Waals surface area (Å²) in [5.41, 5.74) is 1.81. The van der Waals surface area contributed by atoms with Crippen LogP contribution in [0.15, 0.2) is 24.7 Å². The van der Waals surface area contributed by atoms with Crippen molar-refractivity contribution in [1.29, 1.82) is 0 Å². The summed E-state index contributed by atoms with van der Waals surface area (Å²) in [7, 11) is 0. The van der Waals surface area contributed by atoms with E-state index in [0.717, 1.165) is 11.4 Å². The first-order valence-corrected chi connectivity index (χ1v) is 3.53. The second kappa shape index (κ2) is 2.69. The van der Waals surface area contributed by atoms with Gasteiger partial charge in [0.15, 0.2) is 0 Å². The smallest absolute Gasteiger partial charge is 0.143 e. The molecule has 2 rings (SSSR count). The molecular formula is C7H7N5. The fourth-order valence-electron chi connectivity index (χ4n) is 0.990. The predicted molar refractivity (Wildman–Crippen MR) is 41.7 cm³/mol. The number of nitrogens with zero attached hydrogens (tertiary/aromatic N) is 5. The standard InChI is InChI=1S/C7H7N5/c1-6-7(3-2-4-8-6)12-5-9-10-11-12/h2-5H,1H3. The number of aryl methyl sites for hydroxylation is 1. The Morgan fingerprint density at radius 1 is 1.42 bits per heavy atom. The van der Waals surface area contributed by atoms with Gasteiger partial charge in [0.05, 0.1) is 11.4 Å². The molecular weight excluding hydrogens is 154 g/mol. The van der Waals surface area contributed by atoms with E-state index in [9.17, 15) is 0 Å². The van der Waals surface area contributed by atoms with Crippen molar-refractivity contribution in [3.05, 3.63) is 30.4 Å². The van der Waals surface area contributed by atoms with E-state index in [-0.39, 0.29) is 0 Å². The van der Waals surface area contributed by atoms with Gasteiger partial charge in [0.25, 0.3) is 0 Å². The van der Waals surface area contributed by atoms with Crippen molar-refractivity contribution < 1.29 is 0 Å². The van der Waals surface area contributed by atoms with Crippen LogP contribution in [0.25, 0.3) is 5.69 Å². The van der Waals surface area contributed by atoms with Crippen molar-refractivity contribution in [3.8, 4) is 5.69 Å². The Hall–Kier alpha value is -1.78. The number of aromatic nitrogens is 5. The Bertz CT molecular complexity index is 367. The monoisotopic (exact) mass is 161 g/mol. The van der Waals surface area contributed by atoms with E-state index < -0.39 is 0 Å². The average Bonchev–Trinajstić information content (AvgIpc) is 2.57. The van der Waals surface area contributed by atoms with Crippen molar-refractivity contribution in [2.75, 3.05) is 0 Å². The van der Waals surface area contributed by atoms with Gasteiger partial charge in [-0.15, -0.1) is 5.10 Å². The molecule has 2 aromatic rings. The summed E-state index contributed by atoms with van der Waals surface area (Å²) in [6.07, 6.45) is 3.28. The third kappa shape index (κ3) is 1.05. The second-order valence-corrected chi connectivity index (χ2v) is 2.36. The fraction of sp³-hybridized carbons (Fsp3) is 0.143. The molecule has 2 aromatic heterocycles. The van der Waals surface area contributed by atoms with Crippen LogP contribution in [0.2, 0.25) is 0 Å². The van der Waals surface area contributed by atoms with Crippen molar-refractivity contribution in [2.24, 2.45) is 0 Å². The molecule has 5 nitrogen and oxygen atoms in total. The molecule has 0 amide bonds. The normalized spacial score (nSPS) is 10.1. The number of hydrogen-bond acceptors (Lipinski definition) is 4. The van der Waals surface area contributed by atoms with E-state index >= 15 is 0 Å². The van der Waals surface area contributed by atoms with Crippen LogP contribution in [-0.4, -0.2) is 25.2 Å². The van der Waals surface area contributed by atoms with E-state index in [2.05, 4.69) is 20.5 Å². The molecule has 0 unspecified atom stereocenters. The summed E-state index contributed by atoms with van der Waals surface area (Å²) < 4.78 is 1.59. The number of hydrogen-bond donors (Lipinski definition) is 0. The molecule has 0 saturated carbocycles. The third-order valence-corrected chi connectivity index (χ3v) is 1.57. The van der Waals surface area contributed by atoms with E-state index in [1.165, 1.54) is 0 Å². The first-order valence-electron chi connectivity index (χ1n) is 3.53. The summed E-state index contributed by atoms with van der Waals surface area (Å²) in [6.45, 7) is 1.91. The molecule has 0 N–H and O–H groups in total. The van der Waals surface area contributed by atoms with Gasteiger partial charge in [0, 0.05) is 6.20 Å². The highest BCUT2D eigenvalue weighted by Gasteiger charge is 2.00. The van der Waals surface area contributed by atoms with Crippen molar-refractivity contribution >= 4 is 0 Å². The zero-order chi connectivity index (χ0) is 8.39. The van der Waals surface area contributed by atoms with Gasteiger partial charge in [0.2, 0.25) is 0 Å². The van der Waals surface area contributed by atoms with Gasteiger partial charge in [-0.2, -0.15) is 4.68 Å². The minimum absolute atomic E-state index is 0.905. The van der Waals surface area contributed by atoms with E-state index in [1.54, 1.807) is 17.2 Å². The maximum absolute atomic E-state index is 4.12. The third-order valence-electron chi connectivity index (χ3n) is 1.57. The van der Waals surface area contributed by atoms with Crippen LogP contribution in [0, 0.1) is 6.92 Å².